The summed E-state index contributed by atoms with van der Waals surface area (Å²) < 4.78 is 23.0. The quantitative estimate of drug-likeness (QED) is 0.926. The molecule has 1 aromatic rings. The van der Waals surface area contributed by atoms with E-state index < -0.39 is 15.9 Å². The zero-order valence-electron chi connectivity index (χ0n) is 7.95. The van der Waals surface area contributed by atoms with Gasteiger partial charge < -0.3 is 5.73 Å². The number of sulfone groups is 1. The SMILES string of the molecule is Cc1cc(C(N)CS(C)(=O)=O)sc1Br. The topological polar surface area (TPSA) is 60.2 Å². The summed E-state index contributed by atoms with van der Waals surface area (Å²) in [5.74, 6) is -0.000602. The van der Waals surface area contributed by atoms with E-state index in [1.54, 1.807) is 0 Å². The van der Waals surface area contributed by atoms with Crippen LogP contribution in [0.2, 0.25) is 0 Å². The summed E-state index contributed by atoms with van der Waals surface area (Å²) in [6, 6.07) is 1.50. The van der Waals surface area contributed by atoms with E-state index in [0.29, 0.717) is 0 Å². The molecular weight excluding hydrogens is 286 g/mol. The van der Waals surface area contributed by atoms with Crippen molar-refractivity contribution in [3.63, 3.8) is 0 Å². The average Bonchev–Trinajstić information content (AvgIpc) is 2.28. The first-order chi connectivity index (χ1) is 6.29. The summed E-state index contributed by atoms with van der Waals surface area (Å²) in [4.78, 5) is 0.903. The minimum atomic E-state index is -3.01. The highest BCUT2D eigenvalue weighted by molar-refractivity contribution is 9.11. The predicted octanol–water partition coefficient (Wildman–Crippen LogP) is 1.86. The number of hydrogen-bond donors (Lipinski definition) is 1. The van der Waals surface area contributed by atoms with E-state index in [2.05, 4.69) is 15.9 Å². The highest BCUT2D eigenvalue weighted by Crippen LogP contribution is 2.30. The Bertz CT molecular complexity index is 405. The zero-order valence-corrected chi connectivity index (χ0v) is 11.2. The number of halogens is 1. The lowest BCUT2D eigenvalue weighted by atomic mass is 10.2. The van der Waals surface area contributed by atoms with Crippen LogP contribution < -0.4 is 5.73 Å². The van der Waals surface area contributed by atoms with E-state index in [1.165, 1.54) is 17.6 Å². The van der Waals surface area contributed by atoms with E-state index in [1.807, 2.05) is 13.0 Å². The molecule has 14 heavy (non-hydrogen) atoms. The zero-order chi connectivity index (χ0) is 10.9. The number of aryl methyl sites for hydroxylation is 1. The van der Waals surface area contributed by atoms with Crippen molar-refractivity contribution < 1.29 is 8.42 Å². The van der Waals surface area contributed by atoms with Gasteiger partial charge in [-0.2, -0.15) is 0 Å². The second-order valence-corrected chi connectivity index (χ2v) is 7.89. The van der Waals surface area contributed by atoms with Gasteiger partial charge in [0.05, 0.1) is 15.6 Å². The fourth-order valence-electron chi connectivity index (χ4n) is 1.07. The van der Waals surface area contributed by atoms with E-state index in [4.69, 9.17) is 5.73 Å². The van der Waals surface area contributed by atoms with Gasteiger partial charge in [0.15, 0.2) is 0 Å². The van der Waals surface area contributed by atoms with E-state index in [0.717, 1.165) is 14.2 Å². The van der Waals surface area contributed by atoms with Gasteiger partial charge in [0.1, 0.15) is 9.84 Å². The Balaban J connectivity index is 2.85. The Hall–Kier alpha value is 0.0900. The van der Waals surface area contributed by atoms with Crippen LogP contribution in [0.5, 0.6) is 0 Å². The van der Waals surface area contributed by atoms with Gasteiger partial charge in [0, 0.05) is 11.1 Å². The lowest BCUT2D eigenvalue weighted by molar-refractivity contribution is 0.595. The van der Waals surface area contributed by atoms with Crippen LogP contribution in [0.3, 0.4) is 0 Å². The summed E-state index contributed by atoms with van der Waals surface area (Å²) in [7, 11) is -3.01. The van der Waals surface area contributed by atoms with Gasteiger partial charge in [-0.1, -0.05) is 0 Å². The van der Waals surface area contributed by atoms with Crippen LogP contribution in [0, 0.1) is 6.92 Å². The van der Waals surface area contributed by atoms with Crippen LogP contribution in [0.4, 0.5) is 0 Å². The van der Waals surface area contributed by atoms with Crippen molar-refractivity contribution in [1.82, 2.24) is 0 Å². The Kier molecular flexibility index (Phi) is 3.74. The third-order valence-electron chi connectivity index (χ3n) is 1.72. The summed E-state index contributed by atoms with van der Waals surface area (Å²) in [6.07, 6.45) is 1.20. The first-order valence-corrected chi connectivity index (χ1v) is 7.66. The molecule has 1 heterocycles. The highest BCUT2D eigenvalue weighted by atomic mass is 79.9. The number of rotatable bonds is 3. The predicted molar refractivity (Wildman–Crippen MR) is 63.4 cm³/mol. The van der Waals surface area contributed by atoms with E-state index in [9.17, 15) is 8.42 Å². The van der Waals surface area contributed by atoms with Gasteiger partial charge in [-0.15, -0.1) is 11.3 Å². The van der Waals surface area contributed by atoms with Crippen LogP contribution in [0.25, 0.3) is 0 Å². The molecule has 0 saturated heterocycles. The van der Waals surface area contributed by atoms with Crippen molar-refractivity contribution in [2.24, 2.45) is 5.73 Å². The molecule has 0 spiro atoms. The van der Waals surface area contributed by atoms with Gasteiger partial charge >= 0.3 is 0 Å². The fraction of sp³-hybridized carbons (Fsp3) is 0.500. The molecule has 1 aromatic heterocycles. The Labute approximate surface area is 96.4 Å². The van der Waals surface area contributed by atoms with Crippen molar-refractivity contribution in [2.45, 2.75) is 13.0 Å². The maximum atomic E-state index is 11.0. The highest BCUT2D eigenvalue weighted by Gasteiger charge is 2.15. The Morgan fingerprint density at radius 3 is 2.57 bits per heavy atom. The molecule has 0 radical (unpaired) electrons. The normalized spacial score (nSPS) is 14.3. The molecular formula is C8H12BrNO2S2. The number of thiophene rings is 1. The number of hydrogen-bond acceptors (Lipinski definition) is 4. The lowest BCUT2D eigenvalue weighted by Crippen LogP contribution is -2.19. The molecule has 2 N–H and O–H groups in total. The number of nitrogens with two attached hydrogens (primary N) is 1. The second-order valence-electron chi connectivity index (χ2n) is 3.30. The Morgan fingerprint density at radius 1 is 1.64 bits per heavy atom. The van der Waals surface area contributed by atoms with E-state index >= 15 is 0 Å². The summed E-state index contributed by atoms with van der Waals surface area (Å²) >= 11 is 4.87. The van der Waals surface area contributed by atoms with Crippen molar-refractivity contribution in [3.05, 3.63) is 20.3 Å². The van der Waals surface area contributed by atoms with Gasteiger partial charge in [-0.05, 0) is 34.5 Å². The molecule has 1 unspecified atom stereocenters. The van der Waals surface area contributed by atoms with Crippen molar-refractivity contribution in [1.29, 1.82) is 0 Å². The van der Waals surface area contributed by atoms with Crippen LogP contribution in [0.15, 0.2) is 9.85 Å². The van der Waals surface area contributed by atoms with Gasteiger partial charge in [0.2, 0.25) is 0 Å². The van der Waals surface area contributed by atoms with Crippen LogP contribution in [-0.2, 0) is 9.84 Å². The summed E-state index contributed by atoms with van der Waals surface area (Å²) in [6.45, 7) is 1.96. The van der Waals surface area contributed by atoms with Crippen LogP contribution >= 0.6 is 27.3 Å². The second kappa shape index (κ2) is 4.30. The smallest absolute Gasteiger partial charge is 0.149 e. The van der Waals surface area contributed by atoms with Crippen LogP contribution in [0.1, 0.15) is 16.5 Å². The minimum absolute atomic E-state index is 0.000602. The molecule has 0 aliphatic carbocycles. The standard InChI is InChI=1S/C8H12BrNO2S2/c1-5-3-7(13-8(5)9)6(10)4-14(2,11)12/h3,6H,4,10H2,1-2H3. The van der Waals surface area contributed by atoms with Crippen LogP contribution in [-0.4, -0.2) is 20.4 Å². The van der Waals surface area contributed by atoms with Gasteiger partial charge in [-0.3, -0.25) is 0 Å². The summed E-state index contributed by atoms with van der Waals surface area (Å²) in [5, 5.41) is 0. The lowest BCUT2D eigenvalue weighted by Gasteiger charge is -2.06. The van der Waals surface area contributed by atoms with Gasteiger partial charge in [-0.25, -0.2) is 8.42 Å². The molecule has 1 rings (SSSR count). The Morgan fingerprint density at radius 2 is 2.21 bits per heavy atom. The monoisotopic (exact) mass is 297 g/mol. The summed E-state index contributed by atoms with van der Waals surface area (Å²) in [5.41, 5.74) is 6.87. The molecule has 0 aliphatic rings. The molecule has 0 aliphatic heterocycles. The molecule has 0 amide bonds. The first-order valence-electron chi connectivity index (χ1n) is 3.99. The molecule has 0 fully saturated rings. The van der Waals surface area contributed by atoms with Crippen molar-refractivity contribution >= 4 is 37.1 Å². The fourth-order valence-corrected chi connectivity index (χ4v) is 3.58. The molecule has 0 aromatic carbocycles. The van der Waals surface area contributed by atoms with E-state index in [-0.39, 0.29) is 5.75 Å². The molecule has 0 bridgehead atoms. The molecule has 0 saturated carbocycles. The first kappa shape index (κ1) is 12.2. The third kappa shape index (κ3) is 3.34. The molecule has 1 atom stereocenters. The molecule has 80 valence electrons. The van der Waals surface area contributed by atoms with Crippen molar-refractivity contribution in [3.8, 4) is 0 Å². The minimum Gasteiger partial charge on any atom is -0.322 e. The largest absolute Gasteiger partial charge is 0.322 e. The van der Waals surface area contributed by atoms with Crippen molar-refractivity contribution in [2.75, 3.05) is 12.0 Å². The maximum Gasteiger partial charge on any atom is 0.149 e. The third-order valence-corrected chi connectivity index (χ3v) is 4.96. The van der Waals surface area contributed by atoms with Gasteiger partial charge in [0.25, 0.3) is 0 Å². The molecule has 3 nitrogen and oxygen atoms in total. The average molecular weight is 298 g/mol. The molecule has 6 heteroatoms. The maximum absolute atomic E-state index is 11.0.